The molecule has 25 heavy (non-hydrogen) atoms. The molecule has 1 aliphatic rings. The van der Waals surface area contributed by atoms with Crippen molar-refractivity contribution in [3.05, 3.63) is 35.1 Å². The fourth-order valence-corrected chi connectivity index (χ4v) is 4.00. The highest BCUT2D eigenvalue weighted by atomic mass is 32.1. The van der Waals surface area contributed by atoms with Crippen LogP contribution in [0.5, 0.6) is 0 Å². The van der Waals surface area contributed by atoms with Crippen molar-refractivity contribution in [2.75, 3.05) is 0 Å². The van der Waals surface area contributed by atoms with Gasteiger partial charge in [0.25, 0.3) is 5.91 Å². The second-order valence-corrected chi connectivity index (χ2v) is 7.24. The van der Waals surface area contributed by atoms with E-state index < -0.39 is 12.1 Å². The van der Waals surface area contributed by atoms with E-state index in [0.29, 0.717) is 28.4 Å². The summed E-state index contributed by atoms with van der Waals surface area (Å²) >= 11 is 1.27. The zero-order chi connectivity index (χ0) is 18.0. The first-order chi connectivity index (χ1) is 11.8. The molecule has 3 rings (SSSR count). The second kappa shape index (κ2) is 7.11. The highest BCUT2D eigenvalue weighted by Crippen LogP contribution is 2.37. The van der Waals surface area contributed by atoms with Crippen LogP contribution >= 0.6 is 11.3 Å². The lowest BCUT2D eigenvalue weighted by Gasteiger charge is -2.30. The molecule has 0 unspecified atom stereocenters. The lowest BCUT2D eigenvalue weighted by atomic mass is 9.85. The maximum absolute atomic E-state index is 12.7. The van der Waals surface area contributed by atoms with E-state index in [-0.39, 0.29) is 24.8 Å². The van der Waals surface area contributed by atoms with Crippen molar-refractivity contribution in [3.8, 4) is 10.6 Å². The van der Waals surface area contributed by atoms with Crippen molar-refractivity contribution in [2.24, 2.45) is 5.92 Å². The van der Waals surface area contributed by atoms with Crippen LogP contribution in [0.1, 0.15) is 41.0 Å². The Bertz CT molecular complexity index is 737. The molecule has 1 saturated carbocycles. The zero-order valence-corrected chi connectivity index (χ0v) is 14.5. The van der Waals surface area contributed by atoms with Crippen molar-refractivity contribution in [1.82, 2.24) is 15.3 Å². The van der Waals surface area contributed by atoms with Gasteiger partial charge in [0, 0.05) is 24.0 Å². The number of nitrogens with zero attached hydrogens (tertiary/aromatic N) is 2. The molecule has 8 heteroatoms. The molecule has 134 valence electrons. The van der Waals surface area contributed by atoms with Gasteiger partial charge in [-0.15, -0.1) is 11.3 Å². The number of pyridine rings is 1. The molecule has 2 aromatic heterocycles. The molecule has 0 saturated heterocycles. The minimum atomic E-state index is -4.14. The van der Waals surface area contributed by atoms with Crippen molar-refractivity contribution in [1.29, 1.82) is 0 Å². The van der Waals surface area contributed by atoms with Gasteiger partial charge in [0.2, 0.25) is 0 Å². The maximum atomic E-state index is 12.7. The molecule has 1 fully saturated rings. The lowest BCUT2D eigenvalue weighted by Crippen LogP contribution is -2.40. The van der Waals surface area contributed by atoms with Crippen LogP contribution in [-0.4, -0.2) is 28.1 Å². The van der Waals surface area contributed by atoms with Crippen LogP contribution in [0.2, 0.25) is 0 Å². The van der Waals surface area contributed by atoms with Gasteiger partial charge in [0.1, 0.15) is 9.88 Å². The third-order valence-electron chi connectivity index (χ3n) is 4.44. The van der Waals surface area contributed by atoms with Crippen molar-refractivity contribution >= 4 is 17.2 Å². The molecule has 1 amide bonds. The molecule has 0 spiro atoms. The first-order valence-electron chi connectivity index (χ1n) is 8.10. The van der Waals surface area contributed by atoms with Gasteiger partial charge in [-0.1, -0.05) is 0 Å². The summed E-state index contributed by atoms with van der Waals surface area (Å²) in [5.74, 6) is -1.51. The number of carbonyl (C=O) groups is 1. The maximum Gasteiger partial charge on any atom is 0.391 e. The van der Waals surface area contributed by atoms with Gasteiger partial charge >= 0.3 is 6.18 Å². The first kappa shape index (κ1) is 17.8. The van der Waals surface area contributed by atoms with Crippen LogP contribution in [0.3, 0.4) is 0 Å². The Morgan fingerprint density at radius 2 is 2.00 bits per heavy atom. The molecule has 0 bridgehead atoms. The lowest BCUT2D eigenvalue weighted by molar-refractivity contribution is -0.182. The van der Waals surface area contributed by atoms with Crippen molar-refractivity contribution < 1.29 is 18.0 Å². The number of alkyl halides is 3. The average Bonchev–Trinajstić information content (AvgIpc) is 2.97. The van der Waals surface area contributed by atoms with E-state index in [1.807, 2.05) is 6.07 Å². The van der Waals surface area contributed by atoms with E-state index in [1.54, 1.807) is 25.4 Å². The van der Waals surface area contributed by atoms with Crippen LogP contribution in [0.4, 0.5) is 13.2 Å². The normalized spacial score (nSPS) is 21.1. The Kier molecular flexibility index (Phi) is 5.08. The van der Waals surface area contributed by atoms with Crippen LogP contribution in [-0.2, 0) is 0 Å². The average molecular weight is 369 g/mol. The highest BCUT2D eigenvalue weighted by molar-refractivity contribution is 7.17. The Morgan fingerprint density at radius 3 is 2.60 bits per heavy atom. The van der Waals surface area contributed by atoms with Crippen molar-refractivity contribution in [2.45, 2.75) is 44.8 Å². The fourth-order valence-electron chi connectivity index (χ4n) is 3.04. The quantitative estimate of drug-likeness (QED) is 0.874. The van der Waals surface area contributed by atoms with Gasteiger partial charge in [-0.3, -0.25) is 9.78 Å². The zero-order valence-electron chi connectivity index (χ0n) is 13.6. The van der Waals surface area contributed by atoms with Gasteiger partial charge < -0.3 is 5.32 Å². The number of halogens is 3. The Morgan fingerprint density at radius 1 is 1.28 bits per heavy atom. The molecule has 2 heterocycles. The molecular formula is C17H18F3N3OS. The molecule has 1 N–H and O–H groups in total. The van der Waals surface area contributed by atoms with Crippen molar-refractivity contribution in [3.63, 3.8) is 0 Å². The molecule has 2 aromatic rings. The summed E-state index contributed by atoms with van der Waals surface area (Å²) in [7, 11) is 0. The number of hydrogen-bond donors (Lipinski definition) is 1. The standard InChI is InChI=1S/C17H18F3N3OS/c1-10-14(25-16(22-10)11-3-2-8-21-9-11)15(24)23-13-6-4-12(5-7-13)17(18,19)20/h2-3,8-9,12-13H,4-7H2,1H3,(H,23,24). The van der Waals surface area contributed by atoms with Gasteiger partial charge in [-0.2, -0.15) is 13.2 Å². The molecule has 0 aromatic carbocycles. The Labute approximate surface area is 147 Å². The van der Waals surface area contributed by atoms with E-state index in [2.05, 4.69) is 15.3 Å². The second-order valence-electron chi connectivity index (χ2n) is 6.24. The van der Waals surface area contributed by atoms with Gasteiger partial charge in [0.05, 0.1) is 11.6 Å². The number of aryl methyl sites for hydroxylation is 1. The van der Waals surface area contributed by atoms with E-state index in [4.69, 9.17) is 0 Å². The summed E-state index contributed by atoms with van der Waals surface area (Å²) in [6.07, 6.45) is 0.0374. The van der Waals surface area contributed by atoms with Crippen LogP contribution in [0, 0.1) is 12.8 Å². The van der Waals surface area contributed by atoms with Gasteiger partial charge in [-0.25, -0.2) is 4.98 Å². The number of carbonyl (C=O) groups excluding carboxylic acids is 1. The third-order valence-corrected chi connectivity index (χ3v) is 5.64. The number of amides is 1. The Hall–Kier alpha value is -1.96. The summed E-state index contributed by atoms with van der Waals surface area (Å²) in [5.41, 5.74) is 1.45. The predicted octanol–water partition coefficient (Wildman–Crippen LogP) is 4.36. The molecule has 0 atom stereocenters. The third kappa shape index (κ3) is 4.18. The topological polar surface area (TPSA) is 54.9 Å². The minimum absolute atomic E-state index is 0.0665. The summed E-state index contributed by atoms with van der Waals surface area (Å²) in [6, 6.07) is 3.45. The van der Waals surface area contributed by atoms with Crippen LogP contribution < -0.4 is 5.32 Å². The number of nitrogens with one attached hydrogen (secondary N) is 1. The monoisotopic (exact) mass is 369 g/mol. The molecule has 1 aliphatic carbocycles. The number of rotatable bonds is 3. The summed E-state index contributed by atoms with van der Waals surface area (Å²) in [4.78, 5) is 21.4. The Balaban J connectivity index is 1.64. The number of aromatic nitrogens is 2. The fraction of sp³-hybridized carbons (Fsp3) is 0.471. The van der Waals surface area contributed by atoms with E-state index in [0.717, 1.165) is 5.56 Å². The molecule has 0 radical (unpaired) electrons. The van der Waals surface area contributed by atoms with Crippen LogP contribution in [0.15, 0.2) is 24.5 Å². The van der Waals surface area contributed by atoms with Gasteiger partial charge in [-0.05, 0) is 44.7 Å². The summed E-state index contributed by atoms with van der Waals surface area (Å²) in [6.45, 7) is 1.76. The largest absolute Gasteiger partial charge is 0.391 e. The summed E-state index contributed by atoms with van der Waals surface area (Å²) < 4.78 is 38.1. The molecular weight excluding hydrogens is 351 g/mol. The smallest absolute Gasteiger partial charge is 0.349 e. The van der Waals surface area contributed by atoms with Gasteiger partial charge in [0.15, 0.2) is 0 Å². The highest BCUT2D eigenvalue weighted by Gasteiger charge is 2.41. The van der Waals surface area contributed by atoms with Crippen LogP contribution in [0.25, 0.3) is 10.6 Å². The number of thiazole rings is 1. The SMILES string of the molecule is Cc1nc(-c2cccnc2)sc1C(=O)NC1CCC(C(F)(F)F)CC1. The summed E-state index contributed by atoms with van der Waals surface area (Å²) in [5, 5.41) is 3.57. The molecule has 0 aliphatic heterocycles. The predicted molar refractivity (Wildman–Crippen MR) is 89.3 cm³/mol. The van der Waals surface area contributed by atoms with E-state index in [9.17, 15) is 18.0 Å². The number of hydrogen-bond acceptors (Lipinski definition) is 4. The van der Waals surface area contributed by atoms with E-state index >= 15 is 0 Å². The molecule has 4 nitrogen and oxygen atoms in total. The first-order valence-corrected chi connectivity index (χ1v) is 8.91. The minimum Gasteiger partial charge on any atom is -0.349 e. The van der Waals surface area contributed by atoms with E-state index in [1.165, 1.54) is 11.3 Å².